The zero-order valence-corrected chi connectivity index (χ0v) is 11.5. The molecular formula is C11H14BrNO2S. The predicted molar refractivity (Wildman–Crippen MR) is 68.2 cm³/mol. The third-order valence-electron chi connectivity index (χ3n) is 2.70. The molecule has 16 heavy (non-hydrogen) atoms. The van der Waals surface area contributed by atoms with Crippen molar-refractivity contribution in [1.29, 1.82) is 0 Å². The Labute approximate surface area is 108 Å². The smallest absolute Gasteiger partial charge is 0.186 e. The molecule has 1 aromatic rings. The molecule has 0 aliphatic carbocycles. The lowest BCUT2D eigenvalue weighted by atomic mass is 10.2. The Morgan fingerprint density at radius 3 is 3.12 bits per heavy atom. The number of halogens is 1. The molecule has 2 rings (SSSR count). The maximum Gasteiger partial charge on any atom is 0.186 e. The average molecular weight is 304 g/mol. The highest BCUT2D eigenvalue weighted by atomic mass is 79.9. The molecule has 0 bridgehead atoms. The number of ether oxygens (including phenoxy) is 1. The molecule has 88 valence electrons. The Morgan fingerprint density at radius 2 is 2.50 bits per heavy atom. The third-order valence-corrected chi connectivity index (χ3v) is 4.36. The number of carbonyl (C=O) groups is 1. The van der Waals surface area contributed by atoms with Gasteiger partial charge in [0.25, 0.3) is 0 Å². The predicted octanol–water partition coefficient (Wildman–Crippen LogP) is 2.41. The van der Waals surface area contributed by atoms with Crippen LogP contribution in [0.5, 0.6) is 0 Å². The molecule has 0 saturated carbocycles. The lowest BCUT2D eigenvalue weighted by Gasteiger charge is -2.32. The molecule has 0 amide bonds. The number of hydrogen-bond acceptors (Lipinski definition) is 4. The van der Waals surface area contributed by atoms with Crippen molar-refractivity contribution >= 4 is 33.0 Å². The highest BCUT2D eigenvalue weighted by Gasteiger charge is 2.22. The minimum Gasteiger partial charge on any atom is -0.379 e. The molecule has 1 atom stereocenters. The van der Waals surface area contributed by atoms with Crippen molar-refractivity contribution in [3.8, 4) is 0 Å². The summed E-state index contributed by atoms with van der Waals surface area (Å²) in [6.45, 7) is 4.89. The summed E-state index contributed by atoms with van der Waals surface area (Å²) in [5.74, 6) is 0.199. The maximum atomic E-state index is 12.0. The summed E-state index contributed by atoms with van der Waals surface area (Å²) < 4.78 is 6.35. The van der Waals surface area contributed by atoms with Gasteiger partial charge >= 0.3 is 0 Å². The van der Waals surface area contributed by atoms with E-state index in [-0.39, 0.29) is 5.78 Å². The second-order valence-corrected chi connectivity index (χ2v) is 6.38. The van der Waals surface area contributed by atoms with Crippen LogP contribution in [0.2, 0.25) is 0 Å². The molecule has 0 spiro atoms. The zero-order chi connectivity index (χ0) is 11.5. The van der Waals surface area contributed by atoms with E-state index >= 15 is 0 Å². The Hall–Kier alpha value is -0.230. The quantitative estimate of drug-likeness (QED) is 0.803. The molecule has 0 aromatic carbocycles. The van der Waals surface area contributed by atoms with Crippen LogP contribution in [0.4, 0.5) is 0 Å². The topological polar surface area (TPSA) is 29.5 Å². The van der Waals surface area contributed by atoms with Gasteiger partial charge in [0, 0.05) is 12.6 Å². The number of thiophene rings is 1. The van der Waals surface area contributed by atoms with Crippen molar-refractivity contribution in [3.05, 3.63) is 20.8 Å². The van der Waals surface area contributed by atoms with Crippen LogP contribution in [0.25, 0.3) is 0 Å². The molecule has 2 heterocycles. The molecule has 1 fully saturated rings. The van der Waals surface area contributed by atoms with Gasteiger partial charge in [0.2, 0.25) is 0 Å². The second-order valence-electron chi connectivity index (χ2n) is 3.92. The first kappa shape index (κ1) is 12.2. The van der Waals surface area contributed by atoms with Gasteiger partial charge in [-0.2, -0.15) is 0 Å². The minimum absolute atomic E-state index is 0.199. The first-order valence-corrected chi connectivity index (χ1v) is 6.88. The van der Waals surface area contributed by atoms with E-state index in [0.717, 1.165) is 28.4 Å². The van der Waals surface area contributed by atoms with Crippen LogP contribution in [0.3, 0.4) is 0 Å². The number of ketones is 1. The number of hydrogen-bond donors (Lipinski definition) is 0. The molecule has 0 radical (unpaired) electrons. The fourth-order valence-electron chi connectivity index (χ4n) is 1.72. The van der Waals surface area contributed by atoms with E-state index in [9.17, 15) is 4.79 Å². The van der Waals surface area contributed by atoms with Gasteiger partial charge in [-0.25, -0.2) is 0 Å². The fourth-order valence-corrected chi connectivity index (χ4v) is 3.04. The van der Waals surface area contributed by atoms with Gasteiger partial charge in [-0.3, -0.25) is 9.69 Å². The number of morpholine rings is 1. The van der Waals surface area contributed by atoms with Crippen molar-refractivity contribution in [3.63, 3.8) is 0 Å². The highest BCUT2D eigenvalue weighted by Crippen LogP contribution is 2.23. The minimum atomic E-state index is 0.199. The Kier molecular flexibility index (Phi) is 4.13. The summed E-state index contributed by atoms with van der Waals surface area (Å²) >= 11 is 4.87. The Bertz CT molecular complexity index is 380. The molecule has 3 nitrogen and oxygen atoms in total. The third kappa shape index (κ3) is 2.91. The zero-order valence-electron chi connectivity index (χ0n) is 9.11. The molecule has 1 aromatic heterocycles. The number of nitrogens with zero attached hydrogens (tertiary/aromatic N) is 1. The second kappa shape index (κ2) is 5.40. The SMILES string of the molecule is CC1COCCN1CC(=O)c1ccc(Br)s1. The monoisotopic (exact) mass is 303 g/mol. The van der Waals surface area contributed by atoms with Gasteiger partial charge in [0.1, 0.15) is 0 Å². The van der Waals surface area contributed by atoms with Crippen LogP contribution >= 0.6 is 27.3 Å². The van der Waals surface area contributed by atoms with E-state index in [1.54, 1.807) is 0 Å². The average Bonchev–Trinajstić information content (AvgIpc) is 2.68. The van der Waals surface area contributed by atoms with Crippen LogP contribution in [-0.4, -0.2) is 43.0 Å². The van der Waals surface area contributed by atoms with E-state index in [0.29, 0.717) is 12.6 Å². The van der Waals surface area contributed by atoms with Gasteiger partial charge in [-0.05, 0) is 35.0 Å². The molecule has 5 heteroatoms. The van der Waals surface area contributed by atoms with Crippen molar-refractivity contribution in [1.82, 2.24) is 4.90 Å². The number of rotatable bonds is 3. The Balaban J connectivity index is 1.96. The lowest BCUT2D eigenvalue weighted by Crippen LogP contribution is -2.45. The van der Waals surface area contributed by atoms with Gasteiger partial charge in [0.15, 0.2) is 5.78 Å². The van der Waals surface area contributed by atoms with Crippen molar-refractivity contribution in [2.24, 2.45) is 0 Å². The molecule has 1 aliphatic rings. The first-order chi connectivity index (χ1) is 7.66. The van der Waals surface area contributed by atoms with Crippen LogP contribution < -0.4 is 0 Å². The summed E-state index contributed by atoms with van der Waals surface area (Å²) in [6, 6.07) is 4.13. The molecule has 1 aliphatic heterocycles. The van der Waals surface area contributed by atoms with Gasteiger partial charge < -0.3 is 4.74 Å². The van der Waals surface area contributed by atoms with Crippen molar-refractivity contribution in [2.75, 3.05) is 26.3 Å². The van der Waals surface area contributed by atoms with Gasteiger partial charge in [-0.15, -0.1) is 11.3 Å². The van der Waals surface area contributed by atoms with E-state index in [4.69, 9.17) is 4.74 Å². The van der Waals surface area contributed by atoms with E-state index < -0.39 is 0 Å². The highest BCUT2D eigenvalue weighted by molar-refractivity contribution is 9.11. The molecule has 1 unspecified atom stereocenters. The van der Waals surface area contributed by atoms with Crippen LogP contribution in [-0.2, 0) is 4.74 Å². The normalized spacial score (nSPS) is 22.2. The summed E-state index contributed by atoms with van der Waals surface area (Å²) in [7, 11) is 0. The van der Waals surface area contributed by atoms with Gasteiger partial charge in [0.05, 0.1) is 28.4 Å². The summed E-state index contributed by atoms with van der Waals surface area (Å²) in [4.78, 5) is 15.0. The van der Waals surface area contributed by atoms with Gasteiger partial charge in [-0.1, -0.05) is 0 Å². The van der Waals surface area contributed by atoms with Crippen molar-refractivity contribution < 1.29 is 9.53 Å². The molecular weight excluding hydrogens is 290 g/mol. The molecule has 0 N–H and O–H groups in total. The standard InChI is InChI=1S/C11H14BrNO2S/c1-8-7-15-5-4-13(8)6-9(14)10-2-3-11(12)16-10/h2-3,8H,4-7H2,1H3. The summed E-state index contributed by atoms with van der Waals surface area (Å²) in [5, 5.41) is 0. The number of Topliss-reactive ketones (excluding diaryl/α,β-unsaturated/α-hetero) is 1. The van der Waals surface area contributed by atoms with E-state index in [1.165, 1.54) is 11.3 Å². The first-order valence-electron chi connectivity index (χ1n) is 5.27. The van der Waals surface area contributed by atoms with Crippen LogP contribution in [0.15, 0.2) is 15.9 Å². The van der Waals surface area contributed by atoms with Crippen LogP contribution in [0, 0.1) is 0 Å². The van der Waals surface area contributed by atoms with E-state index in [1.807, 2.05) is 12.1 Å². The van der Waals surface area contributed by atoms with Crippen molar-refractivity contribution in [2.45, 2.75) is 13.0 Å². The number of carbonyl (C=O) groups excluding carboxylic acids is 1. The summed E-state index contributed by atoms with van der Waals surface area (Å²) in [6.07, 6.45) is 0. The molecule has 1 saturated heterocycles. The Morgan fingerprint density at radius 1 is 1.69 bits per heavy atom. The fraction of sp³-hybridized carbons (Fsp3) is 0.545. The maximum absolute atomic E-state index is 12.0. The van der Waals surface area contributed by atoms with Crippen LogP contribution in [0.1, 0.15) is 16.6 Å². The lowest BCUT2D eigenvalue weighted by molar-refractivity contribution is 0.00207. The summed E-state index contributed by atoms with van der Waals surface area (Å²) in [5.41, 5.74) is 0. The largest absolute Gasteiger partial charge is 0.379 e. The van der Waals surface area contributed by atoms with E-state index in [2.05, 4.69) is 27.8 Å².